The molecule has 0 atom stereocenters. The smallest absolute Gasteiger partial charge is 0.332 e. The van der Waals surface area contributed by atoms with Crippen molar-refractivity contribution < 1.29 is 4.92 Å². The lowest BCUT2D eigenvalue weighted by Crippen LogP contribution is -2.28. The van der Waals surface area contributed by atoms with Crippen LogP contribution in [0.3, 0.4) is 0 Å². The predicted molar refractivity (Wildman–Crippen MR) is 62.5 cm³/mol. The van der Waals surface area contributed by atoms with Gasteiger partial charge in [-0.05, 0) is 26.2 Å². The van der Waals surface area contributed by atoms with E-state index >= 15 is 0 Å². The van der Waals surface area contributed by atoms with E-state index in [-0.39, 0.29) is 23.5 Å². The summed E-state index contributed by atoms with van der Waals surface area (Å²) in [4.78, 5) is 18.4. The Balaban J connectivity index is 2.36. The first-order valence-corrected chi connectivity index (χ1v) is 5.38. The fourth-order valence-electron chi connectivity index (χ4n) is 1.70. The van der Waals surface area contributed by atoms with Gasteiger partial charge in [-0.2, -0.15) is 4.98 Å². The van der Waals surface area contributed by atoms with E-state index in [1.54, 1.807) is 6.92 Å². The van der Waals surface area contributed by atoms with Gasteiger partial charge in [-0.25, -0.2) is 10.8 Å². The second kappa shape index (κ2) is 4.50. The van der Waals surface area contributed by atoms with E-state index in [4.69, 9.17) is 5.84 Å². The van der Waals surface area contributed by atoms with Crippen LogP contribution in [-0.2, 0) is 0 Å². The molecule has 4 N–H and O–H groups in total. The van der Waals surface area contributed by atoms with E-state index in [2.05, 4.69) is 20.7 Å². The zero-order chi connectivity index (χ0) is 12.4. The largest absolute Gasteiger partial charge is 0.361 e. The third-order valence-corrected chi connectivity index (χ3v) is 2.82. The van der Waals surface area contributed by atoms with Gasteiger partial charge in [0.15, 0.2) is 0 Å². The van der Waals surface area contributed by atoms with Crippen LogP contribution in [0, 0.1) is 17.0 Å². The van der Waals surface area contributed by atoms with Crippen molar-refractivity contribution in [3.63, 3.8) is 0 Å². The standard InChI is InChI=1S/C9H14N6O2/c1-5-7(15(16)17)8(12-6-3-2-4-6)13-9(11-5)14-10/h6H,2-4,10H2,1H3,(H2,11,12,13,14). The van der Waals surface area contributed by atoms with Crippen molar-refractivity contribution in [3.05, 3.63) is 15.8 Å². The van der Waals surface area contributed by atoms with Crippen LogP contribution in [-0.4, -0.2) is 20.9 Å². The Morgan fingerprint density at radius 1 is 1.47 bits per heavy atom. The van der Waals surface area contributed by atoms with Crippen molar-refractivity contribution in [3.8, 4) is 0 Å². The van der Waals surface area contributed by atoms with Crippen LogP contribution in [0.1, 0.15) is 25.0 Å². The van der Waals surface area contributed by atoms with Gasteiger partial charge < -0.3 is 5.32 Å². The molecule has 0 unspecified atom stereocenters. The quantitative estimate of drug-likeness (QED) is 0.405. The maximum absolute atomic E-state index is 11.0. The minimum Gasteiger partial charge on any atom is -0.361 e. The molecule has 0 aromatic carbocycles. The molecule has 2 rings (SSSR count). The van der Waals surface area contributed by atoms with Gasteiger partial charge in [0.25, 0.3) is 0 Å². The fourth-order valence-corrected chi connectivity index (χ4v) is 1.70. The molecule has 0 radical (unpaired) electrons. The molecular weight excluding hydrogens is 224 g/mol. The van der Waals surface area contributed by atoms with Crippen molar-refractivity contribution in [2.24, 2.45) is 5.84 Å². The Morgan fingerprint density at radius 2 is 2.18 bits per heavy atom. The SMILES string of the molecule is Cc1nc(NN)nc(NC2CCC2)c1[N+](=O)[O-]. The topological polar surface area (TPSA) is 119 Å². The highest BCUT2D eigenvalue weighted by Crippen LogP contribution is 2.30. The van der Waals surface area contributed by atoms with Gasteiger partial charge in [0.05, 0.1) is 4.92 Å². The number of aryl methyl sites for hydroxylation is 1. The zero-order valence-corrected chi connectivity index (χ0v) is 9.43. The maximum Gasteiger partial charge on any atom is 0.332 e. The van der Waals surface area contributed by atoms with Gasteiger partial charge in [0.1, 0.15) is 5.69 Å². The molecule has 92 valence electrons. The van der Waals surface area contributed by atoms with Crippen LogP contribution in [0.5, 0.6) is 0 Å². The fraction of sp³-hybridized carbons (Fsp3) is 0.556. The lowest BCUT2D eigenvalue weighted by atomic mass is 9.93. The second-order valence-corrected chi connectivity index (χ2v) is 4.00. The summed E-state index contributed by atoms with van der Waals surface area (Å²) in [5.74, 6) is 5.63. The number of nitrogens with zero attached hydrogens (tertiary/aromatic N) is 3. The van der Waals surface area contributed by atoms with E-state index in [0.29, 0.717) is 5.69 Å². The van der Waals surface area contributed by atoms with Crippen molar-refractivity contribution >= 4 is 17.5 Å². The lowest BCUT2D eigenvalue weighted by molar-refractivity contribution is -0.385. The molecule has 0 aliphatic heterocycles. The van der Waals surface area contributed by atoms with E-state index in [9.17, 15) is 10.1 Å². The first-order valence-electron chi connectivity index (χ1n) is 5.38. The van der Waals surface area contributed by atoms with Crippen LogP contribution in [0.2, 0.25) is 0 Å². The van der Waals surface area contributed by atoms with Crippen LogP contribution < -0.4 is 16.6 Å². The molecule has 1 saturated carbocycles. The number of aromatic nitrogens is 2. The monoisotopic (exact) mass is 238 g/mol. The number of hydrogen-bond acceptors (Lipinski definition) is 7. The summed E-state index contributed by atoms with van der Waals surface area (Å²) in [6.45, 7) is 1.56. The molecule has 17 heavy (non-hydrogen) atoms. The third kappa shape index (κ3) is 2.26. The summed E-state index contributed by atoms with van der Waals surface area (Å²) in [5, 5.41) is 14.0. The van der Waals surface area contributed by atoms with Gasteiger partial charge in [0.2, 0.25) is 11.8 Å². The number of nitrogens with two attached hydrogens (primary N) is 1. The Labute approximate surface area is 97.8 Å². The number of nitro groups is 1. The Bertz CT molecular complexity index is 445. The molecule has 1 heterocycles. The number of nitrogens with one attached hydrogen (secondary N) is 2. The molecular formula is C9H14N6O2. The summed E-state index contributed by atoms with van der Waals surface area (Å²) in [5.41, 5.74) is 2.50. The average Bonchev–Trinajstić information content (AvgIpc) is 2.22. The van der Waals surface area contributed by atoms with Crippen LogP contribution in [0.15, 0.2) is 0 Å². The Morgan fingerprint density at radius 3 is 2.65 bits per heavy atom. The number of rotatable bonds is 4. The van der Waals surface area contributed by atoms with Gasteiger partial charge in [-0.3, -0.25) is 15.5 Å². The van der Waals surface area contributed by atoms with Crippen LogP contribution in [0.4, 0.5) is 17.5 Å². The zero-order valence-electron chi connectivity index (χ0n) is 9.43. The summed E-state index contributed by atoms with van der Waals surface area (Å²) in [6.07, 6.45) is 3.15. The van der Waals surface area contributed by atoms with Gasteiger partial charge in [-0.15, -0.1) is 0 Å². The van der Waals surface area contributed by atoms with Gasteiger partial charge in [-0.1, -0.05) is 0 Å². The highest BCUT2D eigenvalue weighted by atomic mass is 16.6. The Kier molecular flexibility index (Phi) is 3.05. The number of hydrazine groups is 1. The van der Waals surface area contributed by atoms with Crippen LogP contribution in [0.25, 0.3) is 0 Å². The summed E-state index contributed by atoms with van der Waals surface area (Å²) >= 11 is 0. The number of hydrogen-bond donors (Lipinski definition) is 3. The molecule has 1 aromatic rings. The summed E-state index contributed by atoms with van der Waals surface area (Å²) in [7, 11) is 0. The molecule has 0 saturated heterocycles. The van der Waals surface area contributed by atoms with E-state index in [1.165, 1.54) is 0 Å². The maximum atomic E-state index is 11.0. The minimum absolute atomic E-state index is 0.0871. The van der Waals surface area contributed by atoms with Crippen molar-refractivity contribution in [2.75, 3.05) is 10.7 Å². The number of nitrogen functional groups attached to an aromatic ring is 1. The molecule has 8 nitrogen and oxygen atoms in total. The van der Waals surface area contributed by atoms with Crippen LogP contribution >= 0.6 is 0 Å². The lowest BCUT2D eigenvalue weighted by Gasteiger charge is -2.26. The van der Waals surface area contributed by atoms with Crippen molar-refractivity contribution in [1.82, 2.24) is 9.97 Å². The molecule has 1 aliphatic rings. The average molecular weight is 238 g/mol. The highest BCUT2D eigenvalue weighted by Gasteiger charge is 2.26. The summed E-state index contributed by atoms with van der Waals surface area (Å²) in [6, 6.07) is 0.258. The van der Waals surface area contributed by atoms with Crippen molar-refractivity contribution in [2.45, 2.75) is 32.2 Å². The van der Waals surface area contributed by atoms with E-state index in [1.807, 2.05) is 0 Å². The second-order valence-electron chi connectivity index (χ2n) is 4.00. The predicted octanol–water partition coefficient (Wildman–Crippen LogP) is 0.943. The normalized spacial score (nSPS) is 15.2. The number of anilines is 2. The van der Waals surface area contributed by atoms with Gasteiger partial charge >= 0.3 is 5.69 Å². The first kappa shape index (κ1) is 11.5. The van der Waals surface area contributed by atoms with Gasteiger partial charge in [0, 0.05) is 6.04 Å². The first-order chi connectivity index (χ1) is 8.11. The van der Waals surface area contributed by atoms with E-state index in [0.717, 1.165) is 19.3 Å². The summed E-state index contributed by atoms with van der Waals surface area (Å²) < 4.78 is 0. The molecule has 1 aliphatic carbocycles. The molecule has 0 amide bonds. The minimum atomic E-state index is -0.476. The molecule has 0 bridgehead atoms. The molecule has 0 spiro atoms. The van der Waals surface area contributed by atoms with Crippen molar-refractivity contribution in [1.29, 1.82) is 0 Å². The molecule has 8 heteroatoms. The highest BCUT2D eigenvalue weighted by molar-refractivity contribution is 5.61. The Hall–Kier alpha value is -1.96. The van der Waals surface area contributed by atoms with E-state index < -0.39 is 4.92 Å². The molecule has 1 aromatic heterocycles. The molecule has 1 fully saturated rings. The third-order valence-electron chi connectivity index (χ3n) is 2.82.